The lowest BCUT2D eigenvalue weighted by Crippen LogP contribution is -2.24. The van der Waals surface area contributed by atoms with Gasteiger partial charge in [-0.25, -0.2) is 17.8 Å². The number of aromatic nitrogens is 4. The van der Waals surface area contributed by atoms with Gasteiger partial charge in [0.1, 0.15) is 17.2 Å². The second-order valence-electron chi connectivity index (χ2n) is 7.25. The lowest BCUT2D eigenvalue weighted by Gasteiger charge is -2.20. The van der Waals surface area contributed by atoms with Crippen molar-refractivity contribution in [1.82, 2.24) is 19.7 Å². The van der Waals surface area contributed by atoms with Crippen molar-refractivity contribution in [3.05, 3.63) is 29.8 Å². The van der Waals surface area contributed by atoms with Gasteiger partial charge in [-0.2, -0.15) is 18.3 Å². The van der Waals surface area contributed by atoms with Gasteiger partial charge in [-0.15, -0.1) is 0 Å². The Bertz CT molecular complexity index is 1170. The van der Waals surface area contributed by atoms with Crippen molar-refractivity contribution in [2.24, 2.45) is 7.05 Å². The first-order valence-corrected chi connectivity index (χ1v) is 10.7. The number of alkyl halides is 3. The van der Waals surface area contributed by atoms with Gasteiger partial charge in [-0.3, -0.25) is 4.68 Å². The van der Waals surface area contributed by atoms with E-state index in [2.05, 4.69) is 15.1 Å². The highest BCUT2D eigenvalue weighted by Gasteiger charge is 2.38. The fraction of sp³-hybridized carbons (Fsp3) is 0.444. The fourth-order valence-electron chi connectivity index (χ4n) is 3.86. The molecule has 0 atom stereocenters. The third-order valence-electron chi connectivity index (χ3n) is 5.27. The van der Waals surface area contributed by atoms with Gasteiger partial charge >= 0.3 is 6.18 Å². The van der Waals surface area contributed by atoms with Crippen molar-refractivity contribution in [3.8, 4) is 11.4 Å². The lowest BCUT2D eigenvalue weighted by molar-refractivity contribution is -0.137. The predicted molar refractivity (Wildman–Crippen MR) is 97.3 cm³/mol. The maximum atomic E-state index is 14.5. The largest absolute Gasteiger partial charge is 0.417 e. The first kappa shape index (κ1) is 19.9. The van der Waals surface area contributed by atoms with E-state index in [9.17, 15) is 26.0 Å². The Morgan fingerprint density at radius 1 is 1.17 bits per heavy atom. The summed E-state index contributed by atoms with van der Waals surface area (Å²) in [5, 5.41) is 2.79. The highest BCUT2D eigenvalue weighted by molar-refractivity contribution is 7.92. The van der Waals surface area contributed by atoms with E-state index in [4.69, 9.17) is 0 Å². The van der Waals surface area contributed by atoms with E-state index in [0.29, 0.717) is 18.9 Å². The van der Waals surface area contributed by atoms with Gasteiger partial charge in [0.25, 0.3) is 0 Å². The molecule has 1 aliphatic rings. The number of aryl methyl sites for hydroxylation is 1. The minimum Gasteiger partial charge on any atom is -0.343 e. The van der Waals surface area contributed by atoms with E-state index in [1.807, 2.05) is 0 Å². The van der Waals surface area contributed by atoms with Crippen molar-refractivity contribution < 1.29 is 26.0 Å². The molecule has 2 heterocycles. The molecule has 3 aromatic rings. The van der Waals surface area contributed by atoms with Crippen LogP contribution in [0.5, 0.6) is 0 Å². The molecule has 0 bridgehead atoms. The molecule has 1 N–H and O–H groups in total. The van der Waals surface area contributed by atoms with Crippen molar-refractivity contribution in [2.75, 3.05) is 0 Å². The molecule has 0 radical (unpaired) electrons. The minimum absolute atomic E-state index is 0.210. The number of fused-ring (bicyclic) bond motifs is 1. The quantitative estimate of drug-likeness (QED) is 0.631. The van der Waals surface area contributed by atoms with Crippen LogP contribution in [0.3, 0.4) is 0 Å². The highest BCUT2D eigenvalue weighted by Crippen LogP contribution is 2.42. The Balaban J connectivity index is 1.98. The van der Waals surface area contributed by atoms with Crippen LogP contribution >= 0.6 is 0 Å². The number of nitrogens with one attached hydrogen (secondary N) is 1. The summed E-state index contributed by atoms with van der Waals surface area (Å²) in [7, 11) is -2.35. The van der Waals surface area contributed by atoms with Crippen molar-refractivity contribution in [3.63, 3.8) is 0 Å². The molecular weight excluding hydrogens is 412 g/mol. The topological polar surface area (TPSA) is 80.6 Å². The summed E-state index contributed by atoms with van der Waals surface area (Å²) >= 11 is 0. The molecule has 29 heavy (non-hydrogen) atoms. The summed E-state index contributed by atoms with van der Waals surface area (Å²) in [5.74, 6) is -1.44. The average Bonchev–Trinajstić information content (AvgIpc) is 3.29. The van der Waals surface area contributed by atoms with Gasteiger partial charge in [-0.1, -0.05) is 19.3 Å². The highest BCUT2D eigenvalue weighted by atomic mass is 32.2. The van der Waals surface area contributed by atoms with Crippen molar-refractivity contribution >= 4 is 20.7 Å². The number of nitrogens with zero attached hydrogens (tertiary/aromatic N) is 3. The number of halogens is 4. The Hall–Kier alpha value is -2.43. The molecule has 1 aromatic carbocycles. The zero-order valence-electron chi connectivity index (χ0n) is 15.4. The zero-order chi connectivity index (χ0) is 21.0. The molecular formula is C18H18F4N4O2S. The van der Waals surface area contributed by atoms with Crippen LogP contribution in [0.4, 0.5) is 17.6 Å². The van der Waals surface area contributed by atoms with Gasteiger partial charge in [0.15, 0.2) is 15.7 Å². The summed E-state index contributed by atoms with van der Waals surface area (Å²) < 4.78 is 82.6. The lowest BCUT2D eigenvalue weighted by atomic mass is 10.0. The van der Waals surface area contributed by atoms with Crippen molar-refractivity contribution in [1.29, 1.82) is 0 Å². The van der Waals surface area contributed by atoms with Gasteiger partial charge in [0.05, 0.1) is 16.3 Å². The second-order valence-corrected chi connectivity index (χ2v) is 9.44. The molecule has 156 valence electrons. The van der Waals surface area contributed by atoms with Crippen LogP contribution in [-0.2, 0) is 23.1 Å². The second kappa shape index (κ2) is 6.82. The maximum absolute atomic E-state index is 14.5. The number of sulfone groups is 1. The Labute approximate surface area is 163 Å². The average molecular weight is 430 g/mol. The van der Waals surface area contributed by atoms with Gasteiger partial charge < -0.3 is 4.98 Å². The third kappa shape index (κ3) is 3.41. The number of benzene rings is 1. The summed E-state index contributed by atoms with van der Waals surface area (Å²) in [5.41, 5.74) is -2.01. The van der Waals surface area contributed by atoms with E-state index in [0.717, 1.165) is 25.3 Å². The third-order valence-corrected chi connectivity index (χ3v) is 7.45. The SMILES string of the molecule is Cn1cnc(-c2c(C(F)(F)F)cc(F)c3[nH]c(S(=O)(=O)C4CCCCC4)cc23)n1. The van der Waals surface area contributed by atoms with Gasteiger partial charge in [0, 0.05) is 18.0 Å². The molecule has 1 aliphatic carbocycles. The van der Waals surface area contributed by atoms with Gasteiger partial charge in [0.2, 0.25) is 0 Å². The van der Waals surface area contributed by atoms with Crippen molar-refractivity contribution in [2.45, 2.75) is 48.6 Å². The van der Waals surface area contributed by atoms with E-state index in [-0.39, 0.29) is 21.8 Å². The van der Waals surface area contributed by atoms with Crippen LogP contribution in [0.1, 0.15) is 37.7 Å². The minimum atomic E-state index is -4.87. The monoisotopic (exact) mass is 430 g/mol. The maximum Gasteiger partial charge on any atom is 0.417 e. The number of aromatic amines is 1. The fourth-order valence-corrected chi connectivity index (χ4v) is 5.70. The molecule has 0 amide bonds. The normalized spacial score (nSPS) is 16.6. The van der Waals surface area contributed by atoms with Crippen LogP contribution in [0.25, 0.3) is 22.3 Å². The van der Waals surface area contributed by atoms with Crippen LogP contribution in [0, 0.1) is 5.82 Å². The van der Waals surface area contributed by atoms with Crippen LogP contribution < -0.4 is 0 Å². The molecule has 0 unspecified atom stereocenters. The van der Waals surface area contributed by atoms with E-state index in [1.165, 1.54) is 18.1 Å². The number of rotatable bonds is 3. The standard InChI is InChI=1S/C18H18F4N4O2S/c1-26-9-23-17(25-26)15-11-7-14(29(27,28)10-5-3-2-4-6-10)24-16(11)13(19)8-12(15)18(20,21)22/h7-10,24H,2-6H2,1H3. The Kier molecular flexibility index (Phi) is 4.67. The number of hydrogen-bond acceptors (Lipinski definition) is 4. The van der Waals surface area contributed by atoms with E-state index >= 15 is 0 Å². The molecule has 6 nitrogen and oxygen atoms in total. The summed E-state index contributed by atoms with van der Waals surface area (Å²) in [6.07, 6.45) is -0.233. The van der Waals surface area contributed by atoms with E-state index in [1.54, 1.807) is 0 Å². The summed E-state index contributed by atoms with van der Waals surface area (Å²) in [6, 6.07) is 1.42. The molecule has 11 heteroatoms. The molecule has 0 spiro atoms. The van der Waals surface area contributed by atoms with Crippen LogP contribution in [0.15, 0.2) is 23.5 Å². The molecule has 2 aromatic heterocycles. The smallest absolute Gasteiger partial charge is 0.343 e. The van der Waals surface area contributed by atoms with Crippen LogP contribution in [-0.4, -0.2) is 33.4 Å². The first-order valence-electron chi connectivity index (χ1n) is 9.11. The summed E-state index contributed by atoms with van der Waals surface area (Å²) in [6.45, 7) is 0. The predicted octanol–water partition coefficient (Wildman–Crippen LogP) is 4.23. The number of hydrogen-bond donors (Lipinski definition) is 1. The van der Waals surface area contributed by atoms with Gasteiger partial charge in [-0.05, 0) is 25.0 Å². The zero-order valence-corrected chi connectivity index (χ0v) is 16.2. The molecule has 1 fully saturated rings. The first-order chi connectivity index (χ1) is 13.6. The molecule has 0 saturated heterocycles. The Morgan fingerprint density at radius 3 is 2.45 bits per heavy atom. The van der Waals surface area contributed by atoms with Crippen LogP contribution in [0.2, 0.25) is 0 Å². The Morgan fingerprint density at radius 2 is 1.86 bits per heavy atom. The van der Waals surface area contributed by atoms with E-state index < -0.39 is 38.2 Å². The molecule has 1 saturated carbocycles. The molecule has 0 aliphatic heterocycles. The number of H-pyrrole nitrogens is 1. The molecule has 4 rings (SSSR count). The summed E-state index contributed by atoms with van der Waals surface area (Å²) in [4.78, 5) is 6.37.